The fourth-order valence-electron chi connectivity index (χ4n) is 2.50. The summed E-state index contributed by atoms with van der Waals surface area (Å²) in [5.41, 5.74) is 2.48. The number of hydrogen-bond donors (Lipinski definition) is 2. The molecule has 1 aromatic heterocycles. The number of rotatable bonds is 5. The monoisotopic (exact) mass is 365 g/mol. The molecule has 2 aromatic carbocycles. The zero-order chi connectivity index (χ0) is 19.4. The van der Waals surface area contributed by atoms with Crippen molar-refractivity contribution in [1.29, 1.82) is 0 Å². The van der Waals surface area contributed by atoms with E-state index in [0.29, 0.717) is 17.3 Å². The maximum atomic E-state index is 13.3. The number of aromatic nitrogens is 2. The van der Waals surface area contributed by atoms with Crippen LogP contribution < -0.4 is 15.5 Å². The number of benzene rings is 2. The van der Waals surface area contributed by atoms with Gasteiger partial charge in [0.1, 0.15) is 23.2 Å². The van der Waals surface area contributed by atoms with E-state index in [1.165, 1.54) is 18.2 Å². The molecule has 0 fully saturated rings. The third-order valence-electron chi connectivity index (χ3n) is 3.81. The molecule has 3 rings (SSSR count). The summed E-state index contributed by atoms with van der Waals surface area (Å²) >= 11 is 0. The lowest BCUT2D eigenvalue weighted by Gasteiger charge is -2.13. The second-order valence-corrected chi connectivity index (χ2v) is 6.22. The van der Waals surface area contributed by atoms with Crippen molar-refractivity contribution in [1.82, 2.24) is 9.97 Å². The minimum absolute atomic E-state index is 0.194. The summed E-state index contributed by atoms with van der Waals surface area (Å²) in [5.74, 6) is 0.103. The Morgan fingerprint density at radius 1 is 1.00 bits per heavy atom. The molecule has 7 heteroatoms. The molecule has 27 heavy (non-hydrogen) atoms. The molecule has 6 nitrogen and oxygen atoms in total. The van der Waals surface area contributed by atoms with Gasteiger partial charge in [-0.3, -0.25) is 4.79 Å². The molecule has 0 saturated heterocycles. The Morgan fingerprint density at radius 2 is 1.74 bits per heavy atom. The van der Waals surface area contributed by atoms with Crippen molar-refractivity contribution < 1.29 is 9.18 Å². The second kappa shape index (κ2) is 7.82. The molecule has 0 atom stereocenters. The first kappa shape index (κ1) is 18.3. The average Bonchev–Trinajstić information content (AvgIpc) is 2.61. The van der Waals surface area contributed by atoms with Gasteiger partial charge in [-0.05, 0) is 49.4 Å². The summed E-state index contributed by atoms with van der Waals surface area (Å²) in [6, 6.07) is 15.1. The van der Waals surface area contributed by atoms with E-state index in [0.717, 1.165) is 11.4 Å². The van der Waals surface area contributed by atoms with Crippen molar-refractivity contribution >= 4 is 28.8 Å². The molecule has 0 bridgehead atoms. The lowest BCUT2D eigenvalue weighted by molar-refractivity contribution is 0.102. The molecule has 0 aliphatic heterocycles. The molecule has 2 N–H and O–H groups in total. The highest BCUT2D eigenvalue weighted by Crippen LogP contribution is 2.20. The van der Waals surface area contributed by atoms with Crippen LogP contribution in [-0.4, -0.2) is 30.0 Å². The van der Waals surface area contributed by atoms with E-state index in [-0.39, 0.29) is 5.69 Å². The first-order valence-corrected chi connectivity index (χ1v) is 8.38. The first-order valence-electron chi connectivity index (χ1n) is 8.38. The van der Waals surface area contributed by atoms with Gasteiger partial charge in [-0.1, -0.05) is 6.07 Å². The van der Waals surface area contributed by atoms with Gasteiger partial charge in [0, 0.05) is 37.2 Å². The van der Waals surface area contributed by atoms with Crippen molar-refractivity contribution in [2.24, 2.45) is 0 Å². The second-order valence-electron chi connectivity index (χ2n) is 6.22. The fourth-order valence-corrected chi connectivity index (χ4v) is 2.50. The smallest absolute Gasteiger partial charge is 0.274 e. The molecule has 138 valence electrons. The molecule has 0 aliphatic rings. The molecule has 0 spiro atoms. The summed E-state index contributed by atoms with van der Waals surface area (Å²) in [4.78, 5) is 22.9. The number of aryl methyl sites for hydroxylation is 1. The van der Waals surface area contributed by atoms with E-state index >= 15 is 0 Å². The van der Waals surface area contributed by atoms with Crippen LogP contribution in [0.3, 0.4) is 0 Å². The van der Waals surface area contributed by atoms with Crippen LogP contribution in [0.15, 0.2) is 54.6 Å². The Balaban J connectivity index is 1.78. The Kier molecular flexibility index (Phi) is 5.30. The standard InChI is InChI=1S/C20H20FN5O/c1-13-22-18(20(27)25-16-6-4-5-14(21)11-16)12-19(23-13)24-15-7-9-17(10-8-15)26(2)3/h4-12H,1-3H3,(H,25,27)(H,22,23,24). The topological polar surface area (TPSA) is 70.2 Å². The molecule has 0 radical (unpaired) electrons. The van der Waals surface area contributed by atoms with E-state index in [9.17, 15) is 9.18 Å². The van der Waals surface area contributed by atoms with Gasteiger partial charge >= 0.3 is 0 Å². The van der Waals surface area contributed by atoms with Crippen LogP contribution in [0, 0.1) is 12.7 Å². The lowest BCUT2D eigenvalue weighted by Crippen LogP contribution is -2.15. The third kappa shape index (κ3) is 4.78. The van der Waals surface area contributed by atoms with E-state index in [1.54, 1.807) is 19.1 Å². The van der Waals surface area contributed by atoms with Crippen LogP contribution in [0.4, 0.5) is 27.3 Å². The van der Waals surface area contributed by atoms with E-state index in [2.05, 4.69) is 20.6 Å². The highest BCUT2D eigenvalue weighted by atomic mass is 19.1. The largest absolute Gasteiger partial charge is 0.378 e. The minimum Gasteiger partial charge on any atom is -0.378 e. The summed E-state index contributed by atoms with van der Waals surface area (Å²) in [7, 11) is 3.94. The number of carbonyl (C=O) groups excluding carboxylic acids is 1. The molecule has 1 amide bonds. The van der Waals surface area contributed by atoms with Crippen LogP contribution >= 0.6 is 0 Å². The number of nitrogens with one attached hydrogen (secondary N) is 2. The predicted octanol–water partition coefficient (Wildman–Crippen LogP) is 3.99. The average molecular weight is 365 g/mol. The first-order chi connectivity index (χ1) is 12.9. The molecule has 3 aromatic rings. The summed E-state index contributed by atoms with van der Waals surface area (Å²) in [6.45, 7) is 1.71. The zero-order valence-electron chi connectivity index (χ0n) is 15.3. The molecular formula is C20H20FN5O. The number of halogens is 1. The number of nitrogens with zero attached hydrogens (tertiary/aromatic N) is 3. The van der Waals surface area contributed by atoms with Gasteiger partial charge in [0.15, 0.2) is 0 Å². The maximum absolute atomic E-state index is 13.3. The number of hydrogen-bond acceptors (Lipinski definition) is 5. The maximum Gasteiger partial charge on any atom is 0.274 e. The van der Waals surface area contributed by atoms with Crippen LogP contribution in [0.1, 0.15) is 16.3 Å². The SMILES string of the molecule is Cc1nc(Nc2ccc(N(C)C)cc2)cc(C(=O)Nc2cccc(F)c2)n1. The highest BCUT2D eigenvalue weighted by Gasteiger charge is 2.11. The highest BCUT2D eigenvalue weighted by molar-refractivity contribution is 6.03. The van der Waals surface area contributed by atoms with Gasteiger partial charge in [-0.15, -0.1) is 0 Å². The van der Waals surface area contributed by atoms with E-state index in [1.807, 2.05) is 43.3 Å². The summed E-state index contributed by atoms with van der Waals surface area (Å²) < 4.78 is 13.3. The Bertz CT molecular complexity index is 957. The summed E-state index contributed by atoms with van der Waals surface area (Å²) in [5, 5.41) is 5.80. The van der Waals surface area contributed by atoms with E-state index in [4.69, 9.17) is 0 Å². The molecule has 0 saturated carbocycles. The number of carbonyl (C=O) groups is 1. The van der Waals surface area contributed by atoms with Crippen molar-refractivity contribution in [2.45, 2.75) is 6.92 Å². The van der Waals surface area contributed by atoms with Crippen molar-refractivity contribution in [3.8, 4) is 0 Å². The normalized spacial score (nSPS) is 10.4. The van der Waals surface area contributed by atoms with Crippen LogP contribution in [-0.2, 0) is 0 Å². The molecule has 1 heterocycles. The Labute approximate surface area is 157 Å². The van der Waals surface area contributed by atoms with Gasteiger partial charge in [-0.25, -0.2) is 14.4 Å². The van der Waals surface area contributed by atoms with Gasteiger partial charge in [-0.2, -0.15) is 0 Å². The van der Waals surface area contributed by atoms with E-state index < -0.39 is 11.7 Å². The Morgan fingerprint density at radius 3 is 2.41 bits per heavy atom. The molecular weight excluding hydrogens is 345 g/mol. The minimum atomic E-state index is -0.433. The van der Waals surface area contributed by atoms with Gasteiger partial charge in [0.25, 0.3) is 5.91 Å². The van der Waals surface area contributed by atoms with Crippen LogP contribution in [0.5, 0.6) is 0 Å². The Hall–Kier alpha value is -3.48. The third-order valence-corrected chi connectivity index (χ3v) is 3.81. The summed E-state index contributed by atoms with van der Waals surface area (Å²) in [6.07, 6.45) is 0. The zero-order valence-corrected chi connectivity index (χ0v) is 15.3. The van der Waals surface area contributed by atoms with Gasteiger partial charge in [0.05, 0.1) is 0 Å². The van der Waals surface area contributed by atoms with Crippen molar-refractivity contribution in [3.63, 3.8) is 0 Å². The number of amides is 1. The van der Waals surface area contributed by atoms with Crippen LogP contribution in [0.2, 0.25) is 0 Å². The van der Waals surface area contributed by atoms with Crippen molar-refractivity contribution in [3.05, 3.63) is 71.9 Å². The molecule has 0 aliphatic carbocycles. The predicted molar refractivity (Wildman–Crippen MR) is 105 cm³/mol. The van der Waals surface area contributed by atoms with Crippen LogP contribution in [0.25, 0.3) is 0 Å². The quantitative estimate of drug-likeness (QED) is 0.716. The van der Waals surface area contributed by atoms with Gasteiger partial charge < -0.3 is 15.5 Å². The lowest BCUT2D eigenvalue weighted by atomic mass is 10.2. The number of anilines is 4. The fraction of sp³-hybridized carbons (Fsp3) is 0.150. The van der Waals surface area contributed by atoms with Crippen molar-refractivity contribution in [2.75, 3.05) is 29.6 Å². The molecule has 0 unspecified atom stereocenters. The van der Waals surface area contributed by atoms with Gasteiger partial charge in [0.2, 0.25) is 0 Å².